The van der Waals surface area contributed by atoms with Crippen molar-refractivity contribution in [1.82, 2.24) is 20.0 Å². The third-order valence-corrected chi connectivity index (χ3v) is 3.56. The van der Waals surface area contributed by atoms with Crippen molar-refractivity contribution in [3.8, 4) is 0 Å². The van der Waals surface area contributed by atoms with Crippen molar-refractivity contribution in [2.24, 2.45) is 7.05 Å². The molecule has 1 aliphatic rings. The summed E-state index contributed by atoms with van der Waals surface area (Å²) in [5, 5.41) is 7.45. The topological polar surface area (TPSA) is 59.4 Å². The Kier molecular flexibility index (Phi) is 5.55. The molecule has 0 saturated carbocycles. The number of nitrogens with zero attached hydrogens (tertiary/aromatic N) is 3. The van der Waals surface area contributed by atoms with Gasteiger partial charge in [0.15, 0.2) is 0 Å². The first kappa shape index (κ1) is 15.0. The van der Waals surface area contributed by atoms with Crippen LogP contribution in [0.5, 0.6) is 0 Å². The Morgan fingerprint density at radius 2 is 2.50 bits per heavy atom. The van der Waals surface area contributed by atoms with Gasteiger partial charge in [-0.05, 0) is 18.4 Å². The molecule has 0 unspecified atom stereocenters. The summed E-state index contributed by atoms with van der Waals surface area (Å²) in [5.74, 6) is 0.180. The van der Waals surface area contributed by atoms with Crippen LogP contribution in [-0.4, -0.2) is 60.0 Å². The van der Waals surface area contributed by atoms with Gasteiger partial charge in [0.1, 0.15) is 0 Å². The second-order valence-corrected chi connectivity index (χ2v) is 5.37. The molecule has 0 aromatic carbocycles. The molecule has 1 aliphatic heterocycles. The van der Waals surface area contributed by atoms with Gasteiger partial charge in [-0.1, -0.05) is 0 Å². The van der Waals surface area contributed by atoms with Gasteiger partial charge in [0, 0.05) is 45.8 Å². The Morgan fingerprint density at radius 1 is 1.65 bits per heavy atom. The van der Waals surface area contributed by atoms with Crippen molar-refractivity contribution in [3.63, 3.8) is 0 Å². The third-order valence-electron chi connectivity index (χ3n) is 3.56. The monoisotopic (exact) mass is 280 g/mol. The minimum atomic E-state index is 0.164. The van der Waals surface area contributed by atoms with Gasteiger partial charge < -0.3 is 15.0 Å². The average Bonchev–Trinajstić information content (AvgIpc) is 2.85. The normalized spacial score (nSPS) is 19.0. The summed E-state index contributed by atoms with van der Waals surface area (Å²) in [6.07, 6.45) is 6.33. The number of carbonyl (C=O) groups excluding carboxylic acids is 1. The molecule has 1 amide bonds. The van der Waals surface area contributed by atoms with Crippen LogP contribution in [0.15, 0.2) is 12.4 Å². The number of aryl methyl sites for hydroxylation is 2. The van der Waals surface area contributed by atoms with Gasteiger partial charge in [-0.3, -0.25) is 9.48 Å². The van der Waals surface area contributed by atoms with E-state index in [0.29, 0.717) is 13.0 Å². The minimum absolute atomic E-state index is 0.164. The first-order chi connectivity index (χ1) is 9.65. The third kappa shape index (κ3) is 4.61. The van der Waals surface area contributed by atoms with Gasteiger partial charge in [0.25, 0.3) is 0 Å². The number of hydrogen-bond acceptors (Lipinski definition) is 4. The minimum Gasteiger partial charge on any atom is -0.378 e. The summed E-state index contributed by atoms with van der Waals surface area (Å²) in [5.41, 5.74) is 1.22. The quantitative estimate of drug-likeness (QED) is 0.808. The molecule has 1 N–H and O–H groups in total. The van der Waals surface area contributed by atoms with Crippen LogP contribution in [0, 0.1) is 0 Å². The number of carbonyl (C=O) groups is 1. The first-order valence-electron chi connectivity index (χ1n) is 7.18. The molecule has 2 rings (SSSR count). The molecule has 6 nitrogen and oxygen atoms in total. The molecule has 1 fully saturated rings. The highest BCUT2D eigenvalue weighted by atomic mass is 16.5. The van der Waals surface area contributed by atoms with Crippen molar-refractivity contribution in [2.75, 3.05) is 33.4 Å². The summed E-state index contributed by atoms with van der Waals surface area (Å²) < 4.78 is 7.17. The predicted octanol–water partition coefficient (Wildman–Crippen LogP) is 0.190. The summed E-state index contributed by atoms with van der Waals surface area (Å²) in [6, 6.07) is 0.164. The SMILES string of the molecule is CN(CCCc1cnn(C)c1)C(=O)C[C@@H]1COCCN1. The van der Waals surface area contributed by atoms with E-state index in [2.05, 4.69) is 10.4 Å². The highest BCUT2D eigenvalue weighted by Crippen LogP contribution is 2.05. The van der Waals surface area contributed by atoms with Crippen LogP contribution in [0.2, 0.25) is 0 Å². The zero-order chi connectivity index (χ0) is 14.4. The zero-order valence-corrected chi connectivity index (χ0v) is 12.3. The van der Waals surface area contributed by atoms with E-state index in [1.54, 1.807) is 4.68 Å². The first-order valence-corrected chi connectivity index (χ1v) is 7.18. The van der Waals surface area contributed by atoms with E-state index in [1.807, 2.05) is 31.4 Å². The van der Waals surface area contributed by atoms with Crippen molar-refractivity contribution in [2.45, 2.75) is 25.3 Å². The van der Waals surface area contributed by atoms with Crippen molar-refractivity contribution < 1.29 is 9.53 Å². The van der Waals surface area contributed by atoms with Gasteiger partial charge >= 0.3 is 0 Å². The molecule has 112 valence electrons. The van der Waals surface area contributed by atoms with E-state index in [9.17, 15) is 4.79 Å². The van der Waals surface area contributed by atoms with Crippen LogP contribution in [0.25, 0.3) is 0 Å². The molecule has 0 bridgehead atoms. The molecule has 20 heavy (non-hydrogen) atoms. The van der Waals surface area contributed by atoms with E-state index in [-0.39, 0.29) is 11.9 Å². The number of morpholine rings is 1. The van der Waals surface area contributed by atoms with E-state index in [1.165, 1.54) is 5.56 Å². The fourth-order valence-corrected chi connectivity index (χ4v) is 2.36. The average molecular weight is 280 g/mol. The lowest BCUT2D eigenvalue weighted by Crippen LogP contribution is -2.44. The van der Waals surface area contributed by atoms with Crippen LogP contribution in [-0.2, 0) is 23.0 Å². The summed E-state index contributed by atoms with van der Waals surface area (Å²) >= 11 is 0. The number of amides is 1. The second kappa shape index (κ2) is 7.40. The fraction of sp³-hybridized carbons (Fsp3) is 0.714. The lowest BCUT2D eigenvalue weighted by atomic mass is 10.1. The van der Waals surface area contributed by atoms with E-state index < -0.39 is 0 Å². The lowest BCUT2D eigenvalue weighted by Gasteiger charge is -2.25. The van der Waals surface area contributed by atoms with Crippen molar-refractivity contribution >= 4 is 5.91 Å². The van der Waals surface area contributed by atoms with Crippen molar-refractivity contribution in [3.05, 3.63) is 18.0 Å². The highest BCUT2D eigenvalue weighted by Gasteiger charge is 2.18. The van der Waals surface area contributed by atoms with Gasteiger partial charge in [-0.25, -0.2) is 0 Å². The number of nitrogens with one attached hydrogen (secondary N) is 1. The molecule has 1 aromatic rings. The van der Waals surface area contributed by atoms with E-state index >= 15 is 0 Å². The smallest absolute Gasteiger partial charge is 0.223 e. The Balaban J connectivity index is 1.65. The highest BCUT2D eigenvalue weighted by molar-refractivity contribution is 5.76. The molecule has 0 spiro atoms. The van der Waals surface area contributed by atoms with Gasteiger partial charge in [0.2, 0.25) is 5.91 Å². The van der Waals surface area contributed by atoms with Crippen molar-refractivity contribution in [1.29, 1.82) is 0 Å². The van der Waals surface area contributed by atoms with Gasteiger partial charge in [-0.15, -0.1) is 0 Å². The maximum Gasteiger partial charge on any atom is 0.223 e. The van der Waals surface area contributed by atoms with Gasteiger partial charge in [0.05, 0.1) is 19.4 Å². The van der Waals surface area contributed by atoms with Crippen LogP contribution in [0.1, 0.15) is 18.4 Å². The summed E-state index contributed by atoms with van der Waals surface area (Å²) in [4.78, 5) is 13.9. The summed E-state index contributed by atoms with van der Waals surface area (Å²) in [7, 11) is 3.79. The zero-order valence-electron chi connectivity index (χ0n) is 12.3. The molecule has 0 aliphatic carbocycles. The number of ether oxygens (including phenoxy) is 1. The van der Waals surface area contributed by atoms with E-state index in [0.717, 1.165) is 32.5 Å². The largest absolute Gasteiger partial charge is 0.378 e. The fourth-order valence-electron chi connectivity index (χ4n) is 2.36. The standard InChI is InChI=1S/C14H24N4O2/c1-17(6-3-4-12-9-16-18(2)10-12)14(19)8-13-11-20-7-5-15-13/h9-10,13,15H,3-8,11H2,1-2H3/t13-/m1/s1. The molecule has 0 radical (unpaired) electrons. The molecule has 1 saturated heterocycles. The number of aromatic nitrogens is 2. The van der Waals surface area contributed by atoms with Crippen LogP contribution >= 0.6 is 0 Å². The Labute approximate surface area is 120 Å². The Bertz CT molecular complexity index is 427. The number of rotatable bonds is 6. The molecule has 1 atom stereocenters. The van der Waals surface area contributed by atoms with Crippen LogP contribution in [0.4, 0.5) is 0 Å². The number of hydrogen-bond donors (Lipinski definition) is 1. The molecular weight excluding hydrogens is 256 g/mol. The lowest BCUT2D eigenvalue weighted by molar-refractivity contribution is -0.131. The van der Waals surface area contributed by atoms with E-state index in [4.69, 9.17) is 4.74 Å². The molecule has 1 aromatic heterocycles. The second-order valence-electron chi connectivity index (χ2n) is 5.37. The Hall–Kier alpha value is -1.40. The maximum atomic E-state index is 12.1. The molecular formula is C14H24N4O2. The summed E-state index contributed by atoms with van der Waals surface area (Å²) in [6.45, 7) is 2.99. The molecule has 2 heterocycles. The molecule has 6 heteroatoms. The predicted molar refractivity (Wildman–Crippen MR) is 76.4 cm³/mol. The van der Waals surface area contributed by atoms with Crippen LogP contribution in [0.3, 0.4) is 0 Å². The van der Waals surface area contributed by atoms with Crippen LogP contribution < -0.4 is 5.32 Å². The van der Waals surface area contributed by atoms with Gasteiger partial charge in [-0.2, -0.15) is 5.10 Å². The Morgan fingerprint density at radius 3 is 3.15 bits per heavy atom. The maximum absolute atomic E-state index is 12.1.